The van der Waals surface area contributed by atoms with Gasteiger partial charge in [0.2, 0.25) is 0 Å². The predicted molar refractivity (Wildman–Crippen MR) is 79.0 cm³/mol. The van der Waals surface area contributed by atoms with Crippen LogP contribution in [-0.4, -0.2) is 23.4 Å². The van der Waals surface area contributed by atoms with Gasteiger partial charge >= 0.3 is 0 Å². The summed E-state index contributed by atoms with van der Waals surface area (Å²) in [5.74, 6) is 1.23. The van der Waals surface area contributed by atoms with Crippen molar-refractivity contribution >= 4 is 11.6 Å². The lowest BCUT2D eigenvalue weighted by atomic mass is 9.85. The molecule has 3 nitrogen and oxygen atoms in total. The topological polar surface area (TPSA) is 46.3 Å². The lowest BCUT2D eigenvalue weighted by Crippen LogP contribution is -2.48. The fraction of sp³-hybridized carbons (Fsp3) is 0.562. The minimum absolute atomic E-state index is 0.109. The molecular formula is C16H24N2O. The third kappa shape index (κ3) is 2.75. The molecule has 0 saturated carbocycles. The first kappa shape index (κ1) is 13.9. The number of likely N-dealkylation sites (tertiary alicyclic amines) is 1. The van der Waals surface area contributed by atoms with Gasteiger partial charge in [0.05, 0.1) is 0 Å². The number of carbonyl (C=O) groups excluding carboxylic acids is 1. The number of nitrogen functional groups attached to an aromatic ring is 1. The molecule has 2 rings (SSSR count). The van der Waals surface area contributed by atoms with Gasteiger partial charge in [-0.25, -0.2) is 0 Å². The smallest absolute Gasteiger partial charge is 0.254 e. The lowest BCUT2D eigenvalue weighted by molar-refractivity contribution is 0.0456. The molecule has 3 atom stereocenters. The van der Waals surface area contributed by atoms with Gasteiger partial charge in [0.25, 0.3) is 5.91 Å². The Morgan fingerprint density at radius 3 is 2.63 bits per heavy atom. The van der Waals surface area contributed by atoms with E-state index in [1.165, 1.54) is 6.42 Å². The normalized spacial score (nSPS) is 27.4. The maximum Gasteiger partial charge on any atom is 0.254 e. The molecule has 104 valence electrons. The van der Waals surface area contributed by atoms with Crippen LogP contribution < -0.4 is 5.73 Å². The highest BCUT2D eigenvalue weighted by Gasteiger charge is 2.32. The minimum Gasteiger partial charge on any atom is -0.398 e. The molecule has 2 N–H and O–H groups in total. The van der Waals surface area contributed by atoms with Crippen LogP contribution in [0.25, 0.3) is 0 Å². The fourth-order valence-electron chi connectivity index (χ4n) is 2.92. The van der Waals surface area contributed by atoms with E-state index in [9.17, 15) is 4.79 Å². The van der Waals surface area contributed by atoms with Crippen molar-refractivity contribution in [3.05, 3.63) is 29.3 Å². The largest absolute Gasteiger partial charge is 0.398 e. The summed E-state index contributed by atoms with van der Waals surface area (Å²) in [5.41, 5.74) is 8.32. The van der Waals surface area contributed by atoms with Crippen LogP contribution in [0.3, 0.4) is 0 Å². The summed E-state index contributed by atoms with van der Waals surface area (Å²) in [6.07, 6.45) is 1.20. The highest BCUT2D eigenvalue weighted by atomic mass is 16.2. The third-order valence-corrected chi connectivity index (χ3v) is 4.38. The molecular weight excluding hydrogens is 236 g/mol. The maximum atomic E-state index is 12.6. The Kier molecular flexibility index (Phi) is 3.83. The summed E-state index contributed by atoms with van der Waals surface area (Å²) in [5, 5.41) is 0. The summed E-state index contributed by atoms with van der Waals surface area (Å²) in [6.45, 7) is 9.39. The van der Waals surface area contributed by atoms with Crippen molar-refractivity contribution in [3.8, 4) is 0 Å². The zero-order chi connectivity index (χ0) is 14.2. The highest BCUT2D eigenvalue weighted by Crippen LogP contribution is 2.28. The molecule has 19 heavy (non-hydrogen) atoms. The fourth-order valence-corrected chi connectivity index (χ4v) is 2.92. The molecule has 1 aliphatic heterocycles. The number of nitrogens with two attached hydrogens (primary N) is 1. The standard InChI is InChI=1S/C16H24N2O/c1-10-7-12(3)13(4)18(9-10)16(19)14-6-5-11(2)15(17)8-14/h5-6,8,10,12-13H,7,9,17H2,1-4H3. The number of benzene rings is 1. The molecule has 0 spiro atoms. The summed E-state index contributed by atoms with van der Waals surface area (Å²) in [4.78, 5) is 14.6. The van der Waals surface area contributed by atoms with Crippen molar-refractivity contribution in [1.82, 2.24) is 4.90 Å². The zero-order valence-corrected chi connectivity index (χ0v) is 12.3. The first-order valence-electron chi connectivity index (χ1n) is 7.07. The molecule has 1 aliphatic rings. The second-order valence-electron chi connectivity index (χ2n) is 6.09. The van der Waals surface area contributed by atoms with E-state index in [0.717, 1.165) is 12.1 Å². The van der Waals surface area contributed by atoms with E-state index in [1.54, 1.807) is 6.07 Å². The van der Waals surface area contributed by atoms with Gasteiger partial charge in [0, 0.05) is 23.8 Å². The van der Waals surface area contributed by atoms with Gasteiger partial charge < -0.3 is 10.6 Å². The van der Waals surface area contributed by atoms with Crippen LogP contribution in [0.5, 0.6) is 0 Å². The van der Waals surface area contributed by atoms with E-state index in [2.05, 4.69) is 20.8 Å². The van der Waals surface area contributed by atoms with Crippen LogP contribution in [0, 0.1) is 18.8 Å². The number of carbonyl (C=O) groups is 1. The van der Waals surface area contributed by atoms with E-state index >= 15 is 0 Å². The van der Waals surface area contributed by atoms with Gasteiger partial charge in [-0.3, -0.25) is 4.79 Å². The molecule has 1 heterocycles. The third-order valence-electron chi connectivity index (χ3n) is 4.38. The van der Waals surface area contributed by atoms with Crippen molar-refractivity contribution in [1.29, 1.82) is 0 Å². The number of hydrogen-bond donors (Lipinski definition) is 1. The van der Waals surface area contributed by atoms with Crippen molar-refractivity contribution < 1.29 is 4.79 Å². The zero-order valence-electron chi connectivity index (χ0n) is 12.3. The second-order valence-corrected chi connectivity index (χ2v) is 6.09. The van der Waals surface area contributed by atoms with Crippen LogP contribution in [0.2, 0.25) is 0 Å². The second kappa shape index (κ2) is 5.24. The Labute approximate surface area is 115 Å². The number of hydrogen-bond acceptors (Lipinski definition) is 2. The number of aryl methyl sites for hydroxylation is 1. The number of amides is 1. The summed E-state index contributed by atoms with van der Waals surface area (Å²) in [7, 11) is 0. The number of nitrogens with zero attached hydrogens (tertiary/aromatic N) is 1. The van der Waals surface area contributed by atoms with E-state index in [0.29, 0.717) is 29.1 Å². The quantitative estimate of drug-likeness (QED) is 0.789. The lowest BCUT2D eigenvalue weighted by Gasteiger charge is -2.41. The minimum atomic E-state index is 0.109. The predicted octanol–water partition coefficient (Wildman–Crippen LogP) is 3.08. The first-order chi connectivity index (χ1) is 8.90. The molecule has 1 aromatic carbocycles. The molecule has 0 bridgehead atoms. The van der Waals surface area contributed by atoms with Gasteiger partial charge in [0.15, 0.2) is 0 Å². The molecule has 1 amide bonds. The molecule has 1 fully saturated rings. The van der Waals surface area contributed by atoms with Crippen molar-refractivity contribution in [2.24, 2.45) is 11.8 Å². The van der Waals surface area contributed by atoms with Crippen LogP contribution in [0.15, 0.2) is 18.2 Å². The average Bonchev–Trinajstić information content (AvgIpc) is 2.36. The molecule has 1 aromatic rings. The van der Waals surface area contributed by atoms with Gasteiger partial charge in [-0.1, -0.05) is 19.9 Å². The Balaban J connectivity index is 2.24. The summed E-state index contributed by atoms with van der Waals surface area (Å²) < 4.78 is 0. The van der Waals surface area contributed by atoms with E-state index in [1.807, 2.05) is 24.0 Å². The molecule has 0 aromatic heterocycles. The van der Waals surface area contributed by atoms with Crippen molar-refractivity contribution in [2.75, 3.05) is 12.3 Å². The number of rotatable bonds is 1. The van der Waals surface area contributed by atoms with Gasteiger partial charge in [-0.05, 0) is 49.8 Å². The van der Waals surface area contributed by atoms with Crippen molar-refractivity contribution in [2.45, 2.75) is 40.2 Å². The van der Waals surface area contributed by atoms with E-state index < -0.39 is 0 Å². The summed E-state index contributed by atoms with van der Waals surface area (Å²) >= 11 is 0. The van der Waals surface area contributed by atoms with Gasteiger partial charge in [-0.15, -0.1) is 0 Å². The number of piperidine rings is 1. The monoisotopic (exact) mass is 260 g/mol. The van der Waals surface area contributed by atoms with Crippen LogP contribution in [0.1, 0.15) is 43.1 Å². The SMILES string of the molecule is Cc1ccc(C(=O)N2CC(C)CC(C)C2C)cc1N. The highest BCUT2D eigenvalue weighted by molar-refractivity contribution is 5.95. The van der Waals surface area contributed by atoms with E-state index in [4.69, 9.17) is 5.73 Å². The first-order valence-corrected chi connectivity index (χ1v) is 7.07. The van der Waals surface area contributed by atoms with Crippen molar-refractivity contribution in [3.63, 3.8) is 0 Å². The van der Waals surface area contributed by atoms with Gasteiger partial charge in [-0.2, -0.15) is 0 Å². The van der Waals surface area contributed by atoms with Crippen LogP contribution >= 0.6 is 0 Å². The summed E-state index contributed by atoms with van der Waals surface area (Å²) in [6, 6.07) is 5.90. The van der Waals surface area contributed by atoms with Crippen LogP contribution in [0.4, 0.5) is 5.69 Å². The van der Waals surface area contributed by atoms with Gasteiger partial charge in [0.1, 0.15) is 0 Å². The Morgan fingerprint density at radius 2 is 2.00 bits per heavy atom. The number of anilines is 1. The Hall–Kier alpha value is -1.51. The average molecular weight is 260 g/mol. The molecule has 3 unspecified atom stereocenters. The Morgan fingerprint density at radius 1 is 1.32 bits per heavy atom. The molecule has 0 aliphatic carbocycles. The van der Waals surface area contributed by atoms with Crippen LogP contribution in [-0.2, 0) is 0 Å². The van der Waals surface area contributed by atoms with E-state index in [-0.39, 0.29) is 5.91 Å². The molecule has 3 heteroatoms. The molecule has 0 radical (unpaired) electrons. The maximum absolute atomic E-state index is 12.6. The molecule has 1 saturated heterocycles. The Bertz CT molecular complexity index is 484.